The summed E-state index contributed by atoms with van der Waals surface area (Å²) in [6.45, 7) is 8.94. The Morgan fingerprint density at radius 2 is 1.81 bits per heavy atom. The van der Waals surface area contributed by atoms with E-state index in [1.54, 1.807) is 0 Å². The predicted octanol–water partition coefficient (Wildman–Crippen LogP) is 4.48. The molecule has 0 aliphatic carbocycles. The van der Waals surface area contributed by atoms with Gasteiger partial charge in [0.2, 0.25) is 0 Å². The SMILES string of the molecule is CC(C)=CCC[C@H](C)CCC/C(C)=C/CO. The topological polar surface area (TPSA) is 20.2 Å². The van der Waals surface area contributed by atoms with Crippen molar-refractivity contribution >= 4 is 0 Å². The molecule has 0 heterocycles. The number of aliphatic hydroxyl groups excluding tert-OH is 1. The van der Waals surface area contributed by atoms with Crippen LogP contribution in [0.25, 0.3) is 0 Å². The molecule has 1 heteroatoms. The Morgan fingerprint density at radius 1 is 1.12 bits per heavy atom. The van der Waals surface area contributed by atoms with Crippen LogP contribution in [-0.4, -0.2) is 11.7 Å². The van der Waals surface area contributed by atoms with Gasteiger partial charge in [0.1, 0.15) is 0 Å². The fourth-order valence-electron chi connectivity index (χ4n) is 1.79. The van der Waals surface area contributed by atoms with Crippen molar-refractivity contribution in [2.45, 2.75) is 59.8 Å². The van der Waals surface area contributed by atoms with E-state index in [0.29, 0.717) is 0 Å². The summed E-state index contributed by atoms with van der Waals surface area (Å²) >= 11 is 0. The Morgan fingerprint density at radius 3 is 2.38 bits per heavy atom. The van der Waals surface area contributed by atoms with Crippen LogP contribution >= 0.6 is 0 Å². The van der Waals surface area contributed by atoms with E-state index in [2.05, 4.69) is 33.8 Å². The van der Waals surface area contributed by atoms with Crippen LogP contribution in [0.4, 0.5) is 0 Å². The lowest BCUT2D eigenvalue weighted by Gasteiger charge is -2.10. The molecule has 0 rings (SSSR count). The summed E-state index contributed by atoms with van der Waals surface area (Å²) < 4.78 is 0. The summed E-state index contributed by atoms with van der Waals surface area (Å²) in [5, 5.41) is 8.73. The summed E-state index contributed by atoms with van der Waals surface area (Å²) in [6.07, 6.45) is 10.4. The first-order valence-corrected chi connectivity index (χ1v) is 6.46. The van der Waals surface area contributed by atoms with Crippen LogP contribution in [0.5, 0.6) is 0 Å². The number of hydrogen-bond acceptors (Lipinski definition) is 1. The first-order chi connectivity index (χ1) is 7.56. The van der Waals surface area contributed by atoms with E-state index in [-0.39, 0.29) is 6.61 Å². The number of hydrogen-bond donors (Lipinski definition) is 1. The maximum atomic E-state index is 8.73. The monoisotopic (exact) mass is 224 g/mol. The zero-order chi connectivity index (χ0) is 12.4. The molecule has 0 aromatic heterocycles. The molecule has 0 aliphatic rings. The first-order valence-electron chi connectivity index (χ1n) is 6.46. The molecule has 0 aliphatic heterocycles. The molecule has 1 nitrogen and oxygen atoms in total. The van der Waals surface area contributed by atoms with Crippen molar-refractivity contribution in [3.63, 3.8) is 0 Å². The standard InChI is InChI=1S/C15H28O/c1-13(2)7-5-8-14(3)9-6-10-15(4)11-12-16/h7,11,14,16H,5-6,8-10,12H2,1-4H3/b15-11+/t14-/m0/s1. The normalized spacial score (nSPS) is 13.7. The highest BCUT2D eigenvalue weighted by molar-refractivity contribution is 4.97. The molecule has 0 radical (unpaired) electrons. The Kier molecular flexibility index (Phi) is 9.31. The molecule has 1 atom stereocenters. The average molecular weight is 224 g/mol. The van der Waals surface area contributed by atoms with Crippen LogP contribution in [0, 0.1) is 5.92 Å². The van der Waals surface area contributed by atoms with Crippen LogP contribution in [0.15, 0.2) is 23.3 Å². The summed E-state index contributed by atoms with van der Waals surface area (Å²) in [5.41, 5.74) is 2.74. The van der Waals surface area contributed by atoms with E-state index in [4.69, 9.17) is 5.11 Å². The quantitative estimate of drug-likeness (QED) is 0.603. The first kappa shape index (κ1) is 15.4. The van der Waals surface area contributed by atoms with Gasteiger partial charge in [-0.2, -0.15) is 0 Å². The molecule has 1 N–H and O–H groups in total. The molecule has 16 heavy (non-hydrogen) atoms. The lowest BCUT2D eigenvalue weighted by atomic mass is 9.97. The molecule has 0 saturated heterocycles. The average Bonchev–Trinajstić information content (AvgIpc) is 2.17. The summed E-state index contributed by atoms with van der Waals surface area (Å²) in [7, 11) is 0. The Labute approximate surface area is 101 Å². The second kappa shape index (κ2) is 9.65. The van der Waals surface area contributed by atoms with E-state index in [0.717, 1.165) is 12.3 Å². The third-order valence-corrected chi connectivity index (χ3v) is 2.92. The number of aliphatic hydroxyl groups is 1. The molecule has 94 valence electrons. The molecule has 0 saturated carbocycles. The van der Waals surface area contributed by atoms with E-state index in [9.17, 15) is 0 Å². The van der Waals surface area contributed by atoms with Crippen LogP contribution in [0.1, 0.15) is 59.8 Å². The molecule has 0 aromatic rings. The van der Waals surface area contributed by atoms with Gasteiger partial charge in [-0.3, -0.25) is 0 Å². The number of rotatable bonds is 8. The highest BCUT2D eigenvalue weighted by Crippen LogP contribution is 2.17. The molecule has 0 bridgehead atoms. The van der Waals surface area contributed by atoms with Gasteiger partial charge in [-0.1, -0.05) is 36.6 Å². The van der Waals surface area contributed by atoms with Crippen molar-refractivity contribution in [2.75, 3.05) is 6.61 Å². The van der Waals surface area contributed by atoms with Gasteiger partial charge in [0.05, 0.1) is 6.61 Å². The van der Waals surface area contributed by atoms with Gasteiger partial charge < -0.3 is 5.11 Å². The van der Waals surface area contributed by atoms with Crippen molar-refractivity contribution in [1.82, 2.24) is 0 Å². The lowest BCUT2D eigenvalue weighted by Crippen LogP contribution is -1.94. The lowest BCUT2D eigenvalue weighted by molar-refractivity contribution is 0.341. The molecule has 0 amide bonds. The Balaban J connectivity index is 3.54. The minimum atomic E-state index is 0.182. The number of allylic oxidation sites excluding steroid dienone is 3. The van der Waals surface area contributed by atoms with Gasteiger partial charge in [0.25, 0.3) is 0 Å². The highest BCUT2D eigenvalue weighted by Gasteiger charge is 2.01. The van der Waals surface area contributed by atoms with Gasteiger partial charge in [-0.05, 0) is 52.4 Å². The maximum absolute atomic E-state index is 8.73. The van der Waals surface area contributed by atoms with Crippen molar-refractivity contribution in [3.05, 3.63) is 23.3 Å². The molecule has 0 fully saturated rings. The second-order valence-electron chi connectivity index (χ2n) is 5.09. The summed E-state index contributed by atoms with van der Waals surface area (Å²) in [5.74, 6) is 0.817. The van der Waals surface area contributed by atoms with E-state index in [1.807, 2.05) is 6.08 Å². The van der Waals surface area contributed by atoms with Crippen molar-refractivity contribution in [3.8, 4) is 0 Å². The van der Waals surface area contributed by atoms with E-state index < -0.39 is 0 Å². The third kappa shape index (κ3) is 9.97. The highest BCUT2D eigenvalue weighted by atomic mass is 16.2. The van der Waals surface area contributed by atoms with Crippen molar-refractivity contribution < 1.29 is 5.11 Å². The van der Waals surface area contributed by atoms with Crippen LogP contribution in [0.2, 0.25) is 0 Å². The molecular formula is C15H28O. The second-order valence-corrected chi connectivity index (χ2v) is 5.09. The van der Waals surface area contributed by atoms with Crippen LogP contribution in [-0.2, 0) is 0 Å². The van der Waals surface area contributed by atoms with Gasteiger partial charge in [0, 0.05) is 0 Å². The third-order valence-electron chi connectivity index (χ3n) is 2.92. The zero-order valence-electron chi connectivity index (χ0n) is 11.4. The minimum Gasteiger partial charge on any atom is -0.392 e. The molecule has 0 aromatic carbocycles. The van der Waals surface area contributed by atoms with Gasteiger partial charge in [-0.25, -0.2) is 0 Å². The van der Waals surface area contributed by atoms with Gasteiger partial charge >= 0.3 is 0 Å². The fourth-order valence-corrected chi connectivity index (χ4v) is 1.79. The molecule has 0 unspecified atom stereocenters. The summed E-state index contributed by atoms with van der Waals surface area (Å²) in [4.78, 5) is 0. The largest absolute Gasteiger partial charge is 0.392 e. The molecule has 0 spiro atoms. The van der Waals surface area contributed by atoms with Crippen LogP contribution < -0.4 is 0 Å². The van der Waals surface area contributed by atoms with Crippen molar-refractivity contribution in [2.24, 2.45) is 5.92 Å². The minimum absolute atomic E-state index is 0.182. The Bertz CT molecular complexity index is 222. The molecular weight excluding hydrogens is 196 g/mol. The van der Waals surface area contributed by atoms with E-state index in [1.165, 1.54) is 36.8 Å². The maximum Gasteiger partial charge on any atom is 0.0614 e. The smallest absolute Gasteiger partial charge is 0.0614 e. The van der Waals surface area contributed by atoms with Gasteiger partial charge in [0.15, 0.2) is 0 Å². The summed E-state index contributed by atoms with van der Waals surface area (Å²) in [6, 6.07) is 0. The predicted molar refractivity (Wildman–Crippen MR) is 72.5 cm³/mol. The fraction of sp³-hybridized carbons (Fsp3) is 0.733. The Hall–Kier alpha value is -0.560. The van der Waals surface area contributed by atoms with Crippen LogP contribution in [0.3, 0.4) is 0 Å². The van der Waals surface area contributed by atoms with E-state index >= 15 is 0 Å². The van der Waals surface area contributed by atoms with Gasteiger partial charge in [-0.15, -0.1) is 0 Å². The zero-order valence-corrected chi connectivity index (χ0v) is 11.4. The van der Waals surface area contributed by atoms with Crippen molar-refractivity contribution in [1.29, 1.82) is 0 Å².